The number of hydrogen-bond acceptors (Lipinski definition) is 6. The number of thiazole rings is 1. The molecule has 0 spiro atoms. The van der Waals surface area contributed by atoms with Crippen LogP contribution < -0.4 is 5.56 Å². The van der Waals surface area contributed by atoms with Crippen molar-refractivity contribution in [1.29, 1.82) is 0 Å². The van der Waals surface area contributed by atoms with Crippen LogP contribution >= 0.6 is 22.7 Å². The fourth-order valence-corrected chi connectivity index (χ4v) is 3.69. The molecule has 0 aliphatic rings. The number of nitrogens with zero attached hydrogens (tertiary/aromatic N) is 2. The number of aryl methyl sites for hydroxylation is 1. The Morgan fingerprint density at radius 2 is 2.32 bits per heavy atom. The third-order valence-electron chi connectivity index (χ3n) is 2.66. The van der Waals surface area contributed by atoms with Crippen molar-refractivity contribution < 1.29 is 5.11 Å². The Hall–Kier alpha value is -1.99. The molecule has 3 aromatic rings. The minimum absolute atomic E-state index is 0.101. The lowest BCUT2D eigenvalue weighted by atomic mass is 10.2. The second-order valence-corrected chi connectivity index (χ2v) is 6.01. The SMILES string of the molecule is C=C(O)c1nc2sc(C)c(-c3nccs3)c2c(=O)[nH]1. The van der Waals surface area contributed by atoms with Gasteiger partial charge in [0.15, 0.2) is 11.6 Å². The summed E-state index contributed by atoms with van der Waals surface area (Å²) in [5.41, 5.74) is 0.531. The number of nitrogens with one attached hydrogen (secondary N) is 1. The van der Waals surface area contributed by atoms with Crippen LogP contribution in [0.3, 0.4) is 0 Å². The largest absolute Gasteiger partial charge is 0.505 e. The molecule has 19 heavy (non-hydrogen) atoms. The zero-order valence-electron chi connectivity index (χ0n) is 9.93. The normalized spacial score (nSPS) is 11.0. The van der Waals surface area contributed by atoms with E-state index >= 15 is 0 Å². The minimum atomic E-state index is -0.287. The number of aromatic amines is 1. The lowest BCUT2D eigenvalue weighted by molar-refractivity contribution is 0.507. The lowest BCUT2D eigenvalue weighted by Gasteiger charge is -1.98. The zero-order valence-corrected chi connectivity index (χ0v) is 11.6. The van der Waals surface area contributed by atoms with Gasteiger partial charge in [0.1, 0.15) is 9.84 Å². The molecule has 3 heterocycles. The molecule has 0 atom stereocenters. The van der Waals surface area contributed by atoms with E-state index in [0.717, 1.165) is 15.4 Å². The molecule has 0 saturated carbocycles. The predicted octanol–water partition coefficient (Wildman–Crippen LogP) is 2.95. The highest BCUT2D eigenvalue weighted by atomic mass is 32.1. The highest BCUT2D eigenvalue weighted by molar-refractivity contribution is 7.20. The lowest BCUT2D eigenvalue weighted by Crippen LogP contribution is -2.10. The van der Waals surface area contributed by atoms with E-state index < -0.39 is 0 Å². The van der Waals surface area contributed by atoms with Crippen molar-refractivity contribution in [3.8, 4) is 10.6 Å². The van der Waals surface area contributed by atoms with Crippen LogP contribution in [-0.2, 0) is 0 Å². The number of fused-ring (bicyclic) bond motifs is 1. The first kappa shape index (κ1) is 12.1. The monoisotopic (exact) mass is 291 g/mol. The van der Waals surface area contributed by atoms with Gasteiger partial charge in [0.05, 0.1) is 5.39 Å². The van der Waals surface area contributed by atoms with Crippen LogP contribution in [0.1, 0.15) is 10.7 Å². The van der Waals surface area contributed by atoms with Gasteiger partial charge in [0.2, 0.25) is 0 Å². The maximum Gasteiger partial charge on any atom is 0.260 e. The predicted molar refractivity (Wildman–Crippen MR) is 77.7 cm³/mol. The molecule has 0 aliphatic heterocycles. The van der Waals surface area contributed by atoms with Crippen LogP contribution in [0.25, 0.3) is 26.5 Å². The van der Waals surface area contributed by atoms with Crippen LogP contribution in [0.2, 0.25) is 0 Å². The number of rotatable bonds is 2. The minimum Gasteiger partial charge on any atom is -0.505 e. The van der Waals surface area contributed by atoms with Crippen molar-refractivity contribution in [2.24, 2.45) is 0 Å². The van der Waals surface area contributed by atoms with E-state index in [9.17, 15) is 9.90 Å². The highest BCUT2D eigenvalue weighted by Crippen LogP contribution is 2.36. The molecular formula is C12H9N3O2S2. The molecule has 0 aliphatic carbocycles. The maximum atomic E-state index is 12.2. The van der Waals surface area contributed by atoms with E-state index in [0.29, 0.717) is 10.2 Å². The first-order valence-electron chi connectivity index (χ1n) is 5.39. The summed E-state index contributed by atoms with van der Waals surface area (Å²) in [5, 5.41) is 12.5. The van der Waals surface area contributed by atoms with Gasteiger partial charge in [-0.1, -0.05) is 6.58 Å². The smallest absolute Gasteiger partial charge is 0.260 e. The van der Waals surface area contributed by atoms with E-state index in [1.807, 2.05) is 12.3 Å². The summed E-state index contributed by atoms with van der Waals surface area (Å²) < 4.78 is 0. The summed E-state index contributed by atoms with van der Waals surface area (Å²) in [6.45, 7) is 5.30. The Morgan fingerprint density at radius 1 is 1.53 bits per heavy atom. The van der Waals surface area contributed by atoms with Crippen LogP contribution in [0.15, 0.2) is 23.0 Å². The van der Waals surface area contributed by atoms with Gasteiger partial charge >= 0.3 is 0 Å². The third kappa shape index (κ3) is 1.87. The average Bonchev–Trinajstić information content (AvgIpc) is 2.94. The second kappa shape index (κ2) is 4.29. The van der Waals surface area contributed by atoms with Gasteiger partial charge < -0.3 is 10.1 Å². The fourth-order valence-electron chi connectivity index (χ4n) is 1.86. The summed E-state index contributed by atoms with van der Waals surface area (Å²) in [6.07, 6.45) is 1.70. The van der Waals surface area contributed by atoms with E-state index in [2.05, 4.69) is 21.5 Å². The quantitative estimate of drug-likeness (QED) is 0.711. The van der Waals surface area contributed by atoms with E-state index in [4.69, 9.17) is 0 Å². The van der Waals surface area contributed by atoms with E-state index in [1.54, 1.807) is 6.20 Å². The summed E-state index contributed by atoms with van der Waals surface area (Å²) in [7, 11) is 0. The van der Waals surface area contributed by atoms with Crippen LogP contribution in [0, 0.1) is 6.92 Å². The number of hydrogen-bond donors (Lipinski definition) is 2. The van der Waals surface area contributed by atoms with Crippen molar-refractivity contribution in [3.63, 3.8) is 0 Å². The standard InChI is InChI=1S/C12H9N3O2S2/c1-5(16)9-14-10(17)8-7(11-13-3-4-18-11)6(2)19-12(8)15-9/h3-4,16H,1H2,2H3,(H,14,15,17). The second-order valence-electron chi connectivity index (χ2n) is 3.91. The van der Waals surface area contributed by atoms with Gasteiger partial charge in [-0.05, 0) is 6.92 Å². The Kier molecular flexibility index (Phi) is 2.72. The number of H-pyrrole nitrogens is 1. The van der Waals surface area contributed by atoms with Crippen LogP contribution in [0.5, 0.6) is 0 Å². The van der Waals surface area contributed by atoms with Gasteiger partial charge in [-0.3, -0.25) is 4.79 Å². The van der Waals surface area contributed by atoms with Gasteiger partial charge in [-0.2, -0.15) is 0 Å². The molecule has 0 bridgehead atoms. The number of aliphatic hydroxyl groups excluding tert-OH is 1. The van der Waals surface area contributed by atoms with Crippen molar-refractivity contribution in [2.75, 3.05) is 0 Å². The summed E-state index contributed by atoms with van der Waals surface area (Å²) in [5.74, 6) is -0.148. The summed E-state index contributed by atoms with van der Waals surface area (Å²) >= 11 is 2.88. The molecule has 0 unspecified atom stereocenters. The zero-order chi connectivity index (χ0) is 13.6. The number of thiophene rings is 1. The van der Waals surface area contributed by atoms with E-state index in [-0.39, 0.29) is 17.1 Å². The Balaban J connectivity index is 2.40. The van der Waals surface area contributed by atoms with E-state index in [1.165, 1.54) is 22.7 Å². The third-order valence-corrected chi connectivity index (χ3v) is 4.45. The molecule has 3 rings (SSSR count). The van der Waals surface area contributed by atoms with Crippen molar-refractivity contribution in [1.82, 2.24) is 15.0 Å². The first-order chi connectivity index (χ1) is 9.08. The Labute approximate surface area is 115 Å². The molecule has 0 radical (unpaired) electrons. The Bertz CT molecular complexity index is 831. The number of aromatic nitrogens is 3. The molecule has 0 aromatic carbocycles. The molecule has 7 heteroatoms. The summed E-state index contributed by atoms with van der Waals surface area (Å²) in [4.78, 5) is 24.7. The van der Waals surface area contributed by atoms with Crippen LogP contribution in [0.4, 0.5) is 0 Å². The average molecular weight is 291 g/mol. The molecule has 0 saturated heterocycles. The van der Waals surface area contributed by atoms with Gasteiger partial charge in [0.25, 0.3) is 5.56 Å². The highest BCUT2D eigenvalue weighted by Gasteiger charge is 2.18. The molecule has 2 N–H and O–H groups in total. The maximum absolute atomic E-state index is 12.2. The molecule has 0 amide bonds. The van der Waals surface area contributed by atoms with Crippen LogP contribution in [-0.4, -0.2) is 20.1 Å². The molecular weight excluding hydrogens is 282 g/mol. The van der Waals surface area contributed by atoms with Crippen molar-refractivity contribution in [2.45, 2.75) is 6.92 Å². The van der Waals surface area contributed by atoms with Crippen molar-refractivity contribution in [3.05, 3.63) is 39.2 Å². The Morgan fingerprint density at radius 3 is 2.95 bits per heavy atom. The topological polar surface area (TPSA) is 78.9 Å². The van der Waals surface area contributed by atoms with Gasteiger partial charge in [-0.15, -0.1) is 22.7 Å². The summed E-state index contributed by atoms with van der Waals surface area (Å²) in [6, 6.07) is 0. The fraction of sp³-hybridized carbons (Fsp3) is 0.0833. The molecule has 3 aromatic heterocycles. The molecule has 5 nitrogen and oxygen atoms in total. The van der Waals surface area contributed by atoms with Gasteiger partial charge in [0, 0.05) is 22.0 Å². The number of aliphatic hydroxyl groups is 1. The first-order valence-corrected chi connectivity index (χ1v) is 7.09. The van der Waals surface area contributed by atoms with Gasteiger partial charge in [-0.25, -0.2) is 9.97 Å². The molecule has 0 fully saturated rings. The van der Waals surface area contributed by atoms with Crippen molar-refractivity contribution >= 4 is 38.6 Å². The molecule has 96 valence electrons.